The van der Waals surface area contributed by atoms with Crippen LogP contribution in [0.25, 0.3) is 0 Å². The first-order chi connectivity index (χ1) is 10.3. The summed E-state index contributed by atoms with van der Waals surface area (Å²) in [6.07, 6.45) is 4.76. The molecule has 1 aromatic heterocycles. The molecule has 0 radical (unpaired) electrons. The maximum atomic E-state index is 12.4. The molecule has 1 aromatic rings. The average molecular weight is 305 g/mol. The third-order valence-corrected chi connectivity index (χ3v) is 4.78. The van der Waals surface area contributed by atoms with Crippen molar-refractivity contribution in [3.63, 3.8) is 0 Å². The van der Waals surface area contributed by atoms with Crippen LogP contribution in [0, 0.1) is 5.41 Å². The molecule has 6 nitrogen and oxygen atoms in total. The van der Waals surface area contributed by atoms with Crippen LogP contribution in [0.2, 0.25) is 0 Å². The fourth-order valence-electron chi connectivity index (χ4n) is 3.34. The van der Waals surface area contributed by atoms with E-state index in [1.165, 1.54) is 6.20 Å². The van der Waals surface area contributed by atoms with Crippen LogP contribution in [0.5, 0.6) is 0 Å². The van der Waals surface area contributed by atoms with Gasteiger partial charge in [-0.25, -0.2) is 4.79 Å². The Balaban J connectivity index is 1.70. The van der Waals surface area contributed by atoms with Gasteiger partial charge in [-0.1, -0.05) is 27.2 Å². The highest BCUT2D eigenvalue weighted by Crippen LogP contribution is 2.46. The van der Waals surface area contributed by atoms with Crippen LogP contribution in [0.1, 0.15) is 62.5 Å². The first kappa shape index (κ1) is 15.1. The highest BCUT2D eigenvalue weighted by atomic mass is 16.5. The molecule has 1 amide bonds. The molecule has 2 aliphatic rings. The summed E-state index contributed by atoms with van der Waals surface area (Å²) >= 11 is 0. The second-order valence-electron chi connectivity index (χ2n) is 7.48. The first-order valence-corrected chi connectivity index (χ1v) is 7.85. The largest absolute Gasteiger partial charge is 0.457 e. The molecule has 2 fully saturated rings. The SMILES string of the molecule is CC(C)(C)c1[nH]ncc1C(=O)OC1CNC(=O)C2(CCC2)C1. The van der Waals surface area contributed by atoms with E-state index >= 15 is 0 Å². The number of carbonyl (C=O) groups excluding carboxylic acids is 2. The Hall–Kier alpha value is -1.85. The van der Waals surface area contributed by atoms with Gasteiger partial charge in [0.2, 0.25) is 5.91 Å². The summed E-state index contributed by atoms with van der Waals surface area (Å²) in [4.78, 5) is 24.4. The van der Waals surface area contributed by atoms with E-state index in [1.807, 2.05) is 20.8 Å². The molecular formula is C16H23N3O3. The van der Waals surface area contributed by atoms with E-state index in [0.29, 0.717) is 18.5 Å². The molecule has 1 aliphatic heterocycles. The van der Waals surface area contributed by atoms with E-state index in [0.717, 1.165) is 25.0 Å². The van der Waals surface area contributed by atoms with Gasteiger partial charge in [0.15, 0.2) is 0 Å². The number of rotatable bonds is 2. The van der Waals surface area contributed by atoms with Gasteiger partial charge in [0.25, 0.3) is 0 Å². The number of nitrogens with one attached hydrogen (secondary N) is 2. The number of nitrogens with zero attached hydrogens (tertiary/aromatic N) is 1. The lowest BCUT2D eigenvalue weighted by Gasteiger charge is -2.45. The molecule has 3 rings (SSSR count). The molecule has 1 atom stereocenters. The van der Waals surface area contributed by atoms with Crippen LogP contribution < -0.4 is 5.32 Å². The zero-order chi connectivity index (χ0) is 16.0. The van der Waals surface area contributed by atoms with Gasteiger partial charge in [0.1, 0.15) is 11.7 Å². The maximum Gasteiger partial charge on any atom is 0.341 e. The minimum absolute atomic E-state index is 0.116. The molecule has 6 heteroatoms. The van der Waals surface area contributed by atoms with E-state index in [4.69, 9.17) is 4.74 Å². The zero-order valence-corrected chi connectivity index (χ0v) is 13.4. The van der Waals surface area contributed by atoms with E-state index in [1.54, 1.807) is 0 Å². The molecule has 22 heavy (non-hydrogen) atoms. The smallest absolute Gasteiger partial charge is 0.341 e. The number of aromatic nitrogens is 2. The van der Waals surface area contributed by atoms with Crippen molar-refractivity contribution in [1.29, 1.82) is 0 Å². The number of amides is 1. The third-order valence-electron chi connectivity index (χ3n) is 4.78. The number of ether oxygens (including phenoxy) is 1. The number of esters is 1. The monoisotopic (exact) mass is 305 g/mol. The second-order valence-corrected chi connectivity index (χ2v) is 7.48. The molecule has 120 valence electrons. The van der Waals surface area contributed by atoms with Crippen molar-refractivity contribution in [3.8, 4) is 0 Å². The van der Waals surface area contributed by atoms with Gasteiger partial charge in [-0.15, -0.1) is 0 Å². The number of hydrogen-bond donors (Lipinski definition) is 2. The predicted octanol–water partition coefficient (Wildman–Crippen LogP) is 1.92. The van der Waals surface area contributed by atoms with E-state index in [-0.39, 0.29) is 28.8 Å². The predicted molar refractivity (Wildman–Crippen MR) is 80.4 cm³/mol. The highest BCUT2D eigenvalue weighted by Gasteiger charge is 2.49. The lowest BCUT2D eigenvalue weighted by Crippen LogP contribution is -2.55. The van der Waals surface area contributed by atoms with Crippen molar-refractivity contribution >= 4 is 11.9 Å². The second kappa shape index (κ2) is 5.11. The first-order valence-electron chi connectivity index (χ1n) is 7.85. The Morgan fingerprint density at radius 3 is 2.73 bits per heavy atom. The lowest BCUT2D eigenvalue weighted by atomic mass is 9.63. The summed E-state index contributed by atoms with van der Waals surface area (Å²) in [6.45, 7) is 6.44. The van der Waals surface area contributed by atoms with Crippen molar-refractivity contribution in [1.82, 2.24) is 15.5 Å². The van der Waals surface area contributed by atoms with Crippen LogP contribution in [-0.4, -0.2) is 34.7 Å². The van der Waals surface area contributed by atoms with Crippen LogP contribution in [0.4, 0.5) is 0 Å². The Kier molecular flexibility index (Phi) is 3.50. The van der Waals surface area contributed by atoms with Gasteiger partial charge in [0.05, 0.1) is 23.9 Å². The van der Waals surface area contributed by atoms with Crippen LogP contribution in [-0.2, 0) is 14.9 Å². The highest BCUT2D eigenvalue weighted by molar-refractivity contribution is 5.91. The third kappa shape index (κ3) is 2.51. The Labute approximate surface area is 130 Å². The Bertz CT molecular complexity index is 596. The molecule has 1 spiro atoms. The molecule has 0 bridgehead atoms. The fourth-order valence-corrected chi connectivity index (χ4v) is 3.34. The van der Waals surface area contributed by atoms with E-state index < -0.39 is 0 Å². The minimum atomic E-state index is -0.366. The van der Waals surface area contributed by atoms with Crippen molar-refractivity contribution in [2.75, 3.05) is 6.54 Å². The van der Waals surface area contributed by atoms with Crippen molar-refractivity contribution in [3.05, 3.63) is 17.5 Å². The van der Waals surface area contributed by atoms with Crippen molar-refractivity contribution in [2.24, 2.45) is 5.41 Å². The molecule has 1 aliphatic carbocycles. The van der Waals surface area contributed by atoms with Gasteiger partial charge in [-0.3, -0.25) is 9.89 Å². The lowest BCUT2D eigenvalue weighted by molar-refractivity contribution is -0.143. The molecule has 1 saturated carbocycles. The number of hydrogen-bond acceptors (Lipinski definition) is 4. The van der Waals surface area contributed by atoms with Crippen LogP contribution in [0.15, 0.2) is 6.20 Å². The fraction of sp³-hybridized carbons (Fsp3) is 0.688. The normalized spacial score (nSPS) is 23.8. The molecule has 0 aromatic carbocycles. The average Bonchev–Trinajstić information content (AvgIpc) is 2.88. The summed E-state index contributed by atoms with van der Waals surface area (Å²) in [5, 5.41) is 9.74. The molecule has 2 N–H and O–H groups in total. The molecule has 2 heterocycles. The number of H-pyrrole nitrogens is 1. The summed E-state index contributed by atoms with van der Waals surface area (Å²) in [5.41, 5.74) is 0.746. The van der Waals surface area contributed by atoms with Gasteiger partial charge in [-0.2, -0.15) is 5.10 Å². The van der Waals surface area contributed by atoms with Crippen molar-refractivity contribution in [2.45, 2.75) is 58.0 Å². The number of aromatic amines is 1. The number of piperidine rings is 1. The molecule has 1 unspecified atom stereocenters. The van der Waals surface area contributed by atoms with Crippen molar-refractivity contribution < 1.29 is 14.3 Å². The summed E-state index contributed by atoms with van der Waals surface area (Å²) < 4.78 is 5.64. The zero-order valence-electron chi connectivity index (χ0n) is 13.4. The molecule has 1 saturated heterocycles. The molecular weight excluding hydrogens is 282 g/mol. The minimum Gasteiger partial charge on any atom is -0.457 e. The van der Waals surface area contributed by atoms with E-state index in [2.05, 4.69) is 15.5 Å². The van der Waals surface area contributed by atoms with Gasteiger partial charge in [0, 0.05) is 11.8 Å². The standard InChI is InChI=1S/C16H23N3O3/c1-15(2,3)12-11(9-18-19-12)13(20)22-10-7-16(5-4-6-16)14(21)17-8-10/h9-10H,4-8H2,1-3H3,(H,17,21)(H,18,19). The summed E-state index contributed by atoms with van der Waals surface area (Å²) in [6, 6.07) is 0. The number of carbonyl (C=O) groups is 2. The van der Waals surface area contributed by atoms with Gasteiger partial charge in [-0.05, 0) is 12.8 Å². The van der Waals surface area contributed by atoms with Crippen LogP contribution >= 0.6 is 0 Å². The summed E-state index contributed by atoms with van der Waals surface area (Å²) in [7, 11) is 0. The maximum absolute atomic E-state index is 12.4. The van der Waals surface area contributed by atoms with Gasteiger partial charge < -0.3 is 10.1 Å². The Morgan fingerprint density at radius 2 is 2.14 bits per heavy atom. The summed E-state index contributed by atoms with van der Waals surface area (Å²) in [5.74, 6) is -0.251. The topological polar surface area (TPSA) is 84.1 Å². The quantitative estimate of drug-likeness (QED) is 0.818. The van der Waals surface area contributed by atoms with E-state index in [9.17, 15) is 9.59 Å². The Morgan fingerprint density at radius 1 is 1.41 bits per heavy atom. The van der Waals surface area contributed by atoms with Gasteiger partial charge >= 0.3 is 5.97 Å². The van der Waals surface area contributed by atoms with Crippen LogP contribution in [0.3, 0.4) is 0 Å².